The van der Waals surface area contributed by atoms with Gasteiger partial charge in [-0.25, -0.2) is 4.39 Å². The van der Waals surface area contributed by atoms with Crippen molar-refractivity contribution in [1.29, 1.82) is 0 Å². The fourth-order valence-corrected chi connectivity index (χ4v) is 3.02. The summed E-state index contributed by atoms with van der Waals surface area (Å²) in [6, 6.07) is 5.90. The molecule has 0 radical (unpaired) electrons. The molecule has 112 valence electrons. The number of nitrogens with one attached hydrogen (secondary N) is 1. The smallest absolute Gasteiger partial charge is 0.294 e. The fourth-order valence-electron chi connectivity index (χ4n) is 2.05. The van der Waals surface area contributed by atoms with Crippen molar-refractivity contribution >= 4 is 34.3 Å². The predicted molar refractivity (Wildman–Crippen MR) is 83.7 cm³/mol. The van der Waals surface area contributed by atoms with Gasteiger partial charge >= 0.3 is 0 Å². The molecule has 1 unspecified atom stereocenters. The van der Waals surface area contributed by atoms with E-state index < -0.39 is 10.7 Å². The van der Waals surface area contributed by atoms with Gasteiger partial charge in [0.25, 0.3) is 5.69 Å². The van der Waals surface area contributed by atoms with Crippen molar-refractivity contribution in [1.82, 2.24) is 0 Å². The first kappa shape index (κ1) is 15.7. The van der Waals surface area contributed by atoms with Crippen LogP contribution in [0, 0.1) is 15.9 Å². The zero-order valence-electron chi connectivity index (χ0n) is 11.3. The quantitative estimate of drug-likeness (QED) is 0.570. The van der Waals surface area contributed by atoms with Crippen molar-refractivity contribution in [2.75, 3.05) is 5.32 Å². The number of anilines is 1. The van der Waals surface area contributed by atoms with E-state index in [0.717, 1.165) is 29.9 Å². The van der Waals surface area contributed by atoms with Crippen LogP contribution in [0.4, 0.5) is 15.8 Å². The van der Waals surface area contributed by atoms with Crippen LogP contribution in [0.25, 0.3) is 0 Å². The number of benzene rings is 1. The average molecular weight is 329 g/mol. The second-order valence-corrected chi connectivity index (χ2v) is 5.93. The van der Waals surface area contributed by atoms with Crippen molar-refractivity contribution in [3.05, 3.63) is 55.5 Å². The topological polar surface area (TPSA) is 55.2 Å². The third-order valence-electron chi connectivity index (χ3n) is 3.03. The molecule has 1 aromatic carbocycles. The molecule has 1 aromatic heterocycles. The van der Waals surface area contributed by atoms with Gasteiger partial charge in [0.2, 0.25) is 0 Å². The molecular formula is C14H14ClFN2O2S. The Kier molecular flexibility index (Phi) is 5.14. The summed E-state index contributed by atoms with van der Waals surface area (Å²) in [5.41, 5.74) is -0.0761. The van der Waals surface area contributed by atoms with E-state index in [2.05, 4.69) is 5.32 Å². The average Bonchev–Trinajstić information content (AvgIpc) is 2.95. The number of thiophene rings is 1. The highest BCUT2D eigenvalue weighted by Gasteiger charge is 2.21. The Hall–Kier alpha value is -1.66. The van der Waals surface area contributed by atoms with E-state index in [1.165, 1.54) is 0 Å². The summed E-state index contributed by atoms with van der Waals surface area (Å²) in [4.78, 5) is 11.6. The fraction of sp³-hybridized carbons (Fsp3) is 0.286. The van der Waals surface area contributed by atoms with E-state index in [-0.39, 0.29) is 22.4 Å². The molecule has 0 fully saturated rings. The van der Waals surface area contributed by atoms with Crippen molar-refractivity contribution in [3.8, 4) is 0 Å². The molecule has 0 spiro atoms. The third kappa shape index (κ3) is 3.71. The monoisotopic (exact) mass is 328 g/mol. The van der Waals surface area contributed by atoms with Gasteiger partial charge in [-0.05, 0) is 17.9 Å². The Morgan fingerprint density at radius 2 is 2.29 bits per heavy atom. The van der Waals surface area contributed by atoms with Gasteiger partial charge in [-0.15, -0.1) is 11.3 Å². The maximum Gasteiger partial charge on any atom is 0.294 e. The van der Waals surface area contributed by atoms with Crippen LogP contribution in [0.5, 0.6) is 0 Å². The van der Waals surface area contributed by atoms with E-state index in [4.69, 9.17) is 11.6 Å². The van der Waals surface area contributed by atoms with Crippen LogP contribution in [0.2, 0.25) is 5.02 Å². The predicted octanol–water partition coefficient (Wildman–Crippen LogP) is 5.40. The van der Waals surface area contributed by atoms with Crippen LogP contribution in [0.1, 0.15) is 30.7 Å². The van der Waals surface area contributed by atoms with Crippen LogP contribution >= 0.6 is 22.9 Å². The van der Waals surface area contributed by atoms with Gasteiger partial charge in [0.05, 0.1) is 16.0 Å². The number of hydrogen-bond acceptors (Lipinski definition) is 4. The first-order valence-electron chi connectivity index (χ1n) is 6.46. The minimum absolute atomic E-state index is 0.0886. The Bertz CT molecular complexity index is 634. The number of nitro groups is 1. The number of nitro benzene ring substituents is 1. The standard InChI is InChI=1S/C14H14ClFN2O2S/c1-2-4-11(14-5-3-6-21-14)17-12-8-10(16)9(15)7-13(12)18(19)20/h3,5-8,11,17H,2,4H2,1H3. The molecule has 1 atom stereocenters. The number of hydrogen-bond donors (Lipinski definition) is 1. The first-order valence-corrected chi connectivity index (χ1v) is 7.72. The molecule has 2 rings (SSSR count). The summed E-state index contributed by atoms with van der Waals surface area (Å²) in [5, 5.41) is 15.9. The molecule has 0 amide bonds. The highest BCUT2D eigenvalue weighted by atomic mass is 35.5. The lowest BCUT2D eigenvalue weighted by Crippen LogP contribution is -2.11. The molecule has 0 aliphatic heterocycles. The van der Waals surface area contributed by atoms with Gasteiger partial charge in [-0.1, -0.05) is 31.0 Å². The lowest BCUT2D eigenvalue weighted by molar-refractivity contribution is -0.384. The second kappa shape index (κ2) is 6.87. The lowest BCUT2D eigenvalue weighted by atomic mass is 10.1. The van der Waals surface area contributed by atoms with Gasteiger partial charge in [-0.3, -0.25) is 10.1 Å². The van der Waals surface area contributed by atoms with Gasteiger partial charge in [0.1, 0.15) is 11.5 Å². The normalized spacial score (nSPS) is 12.1. The summed E-state index contributed by atoms with van der Waals surface area (Å²) in [6.07, 6.45) is 1.70. The van der Waals surface area contributed by atoms with Crippen LogP contribution < -0.4 is 5.32 Å². The van der Waals surface area contributed by atoms with E-state index in [0.29, 0.717) is 0 Å². The Balaban J connectivity index is 2.36. The molecule has 0 saturated carbocycles. The Morgan fingerprint density at radius 1 is 1.52 bits per heavy atom. The number of rotatable bonds is 6. The summed E-state index contributed by atoms with van der Waals surface area (Å²) in [7, 11) is 0. The zero-order chi connectivity index (χ0) is 15.4. The van der Waals surface area contributed by atoms with E-state index in [9.17, 15) is 14.5 Å². The van der Waals surface area contributed by atoms with Gasteiger partial charge in [0, 0.05) is 17.0 Å². The molecule has 1 N–H and O–H groups in total. The first-order chi connectivity index (χ1) is 10.0. The lowest BCUT2D eigenvalue weighted by Gasteiger charge is -2.18. The summed E-state index contributed by atoms with van der Waals surface area (Å²) in [6.45, 7) is 2.03. The summed E-state index contributed by atoms with van der Waals surface area (Å²) >= 11 is 7.18. The Morgan fingerprint density at radius 3 is 2.86 bits per heavy atom. The van der Waals surface area contributed by atoms with Gasteiger partial charge < -0.3 is 5.32 Å². The number of nitrogens with zero attached hydrogens (tertiary/aromatic N) is 1. The molecule has 4 nitrogen and oxygen atoms in total. The minimum atomic E-state index is -0.675. The molecule has 21 heavy (non-hydrogen) atoms. The molecule has 0 aliphatic rings. The molecule has 1 heterocycles. The highest BCUT2D eigenvalue weighted by molar-refractivity contribution is 7.10. The molecule has 0 saturated heterocycles. The van der Waals surface area contributed by atoms with Crippen molar-refractivity contribution in [3.63, 3.8) is 0 Å². The Labute approximate surface area is 130 Å². The van der Waals surface area contributed by atoms with Crippen molar-refractivity contribution in [2.45, 2.75) is 25.8 Å². The largest absolute Gasteiger partial charge is 0.372 e. The number of halogens is 2. The van der Waals surface area contributed by atoms with E-state index >= 15 is 0 Å². The maximum absolute atomic E-state index is 13.6. The zero-order valence-corrected chi connectivity index (χ0v) is 12.9. The van der Waals surface area contributed by atoms with Crippen LogP contribution in [-0.4, -0.2) is 4.92 Å². The maximum atomic E-state index is 13.6. The summed E-state index contributed by atoms with van der Waals surface area (Å²) < 4.78 is 13.6. The van der Waals surface area contributed by atoms with Crippen LogP contribution in [0.3, 0.4) is 0 Å². The van der Waals surface area contributed by atoms with E-state index in [1.807, 2.05) is 24.4 Å². The van der Waals surface area contributed by atoms with Crippen LogP contribution in [0.15, 0.2) is 29.6 Å². The minimum Gasteiger partial charge on any atom is -0.372 e. The highest BCUT2D eigenvalue weighted by Crippen LogP contribution is 2.35. The molecular weight excluding hydrogens is 315 g/mol. The second-order valence-electron chi connectivity index (χ2n) is 4.54. The molecule has 0 bridgehead atoms. The molecule has 2 aromatic rings. The van der Waals surface area contributed by atoms with Crippen molar-refractivity contribution < 1.29 is 9.31 Å². The van der Waals surface area contributed by atoms with Gasteiger partial charge in [-0.2, -0.15) is 0 Å². The van der Waals surface area contributed by atoms with Crippen LogP contribution in [-0.2, 0) is 0 Å². The van der Waals surface area contributed by atoms with Crippen molar-refractivity contribution in [2.24, 2.45) is 0 Å². The SMILES string of the molecule is CCCC(Nc1cc(F)c(Cl)cc1[N+](=O)[O-])c1cccs1. The molecule has 7 heteroatoms. The van der Waals surface area contributed by atoms with E-state index in [1.54, 1.807) is 11.3 Å². The third-order valence-corrected chi connectivity index (χ3v) is 4.30. The molecule has 0 aliphatic carbocycles. The van der Waals surface area contributed by atoms with Gasteiger partial charge in [0.15, 0.2) is 0 Å². The summed E-state index contributed by atoms with van der Waals surface area (Å²) in [5.74, 6) is -0.675.